The van der Waals surface area contributed by atoms with Crippen molar-refractivity contribution in [2.24, 2.45) is 5.10 Å². The van der Waals surface area contributed by atoms with Crippen LogP contribution < -0.4 is 4.83 Å². The first-order valence-electron chi connectivity index (χ1n) is 6.14. The summed E-state index contributed by atoms with van der Waals surface area (Å²) in [5, 5.41) is 14.2. The SMILES string of the molecule is O=[N+]([O-])c1cccc(/C=N/NS(=O)(=O)c2cc(Cl)c(Cl)cc2Cl)c1. The van der Waals surface area contributed by atoms with Gasteiger partial charge in [-0.1, -0.05) is 46.9 Å². The second kappa shape index (κ2) is 7.35. The normalized spacial score (nSPS) is 11.6. The van der Waals surface area contributed by atoms with Gasteiger partial charge in [-0.2, -0.15) is 13.5 Å². The number of nitrogens with one attached hydrogen (secondary N) is 1. The molecule has 2 aromatic rings. The molecular formula is C13H8Cl3N3O4S. The third kappa shape index (κ3) is 4.35. The first-order valence-corrected chi connectivity index (χ1v) is 8.76. The van der Waals surface area contributed by atoms with E-state index in [1.165, 1.54) is 30.3 Å². The zero-order valence-electron chi connectivity index (χ0n) is 11.6. The van der Waals surface area contributed by atoms with E-state index in [1.807, 2.05) is 4.83 Å². The Hall–Kier alpha value is -1.87. The zero-order valence-corrected chi connectivity index (χ0v) is 14.7. The quantitative estimate of drug-likeness (QED) is 0.351. The van der Waals surface area contributed by atoms with E-state index >= 15 is 0 Å². The van der Waals surface area contributed by atoms with Crippen molar-refractivity contribution in [3.05, 3.63) is 67.1 Å². The van der Waals surface area contributed by atoms with Gasteiger partial charge in [-0.05, 0) is 12.1 Å². The maximum absolute atomic E-state index is 12.2. The lowest BCUT2D eigenvalue weighted by Gasteiger charge is -2.07. The fourth-order valence-corrected chi connectivity index (χ4v) is 3.44. The first kappa shape index (κ1) is 18.5. The second-order valence-corrected chi connectivity index (χ2v) is 7.25. The number of benzene rings is 2. The molecule has 11 heteroatoms. The minimum atomic E-state index is -4.08. The maximum atomic E-state index is 12.2. The Labute approximate surface area is 152 Å². The van der Waals surface area contributed by atoms with Gasteiger partial charge in [0.25, 0.3) is 15.7 Å². The van der Waals surface area contributed by atoms with Crippen molar-refractivity contribution in [1.29, 1.82) is 0 Å². The van der Waals surface area contributed by atoms with Crippen LogP contribution in [0.4, 0.5) is 5.69 Å². The van der Waals surface area contributed by atoms with Crippen LogP contribution in [0.1, 0.15) is 5.56 Å². The minimum absolute atomic E-state index is 0.0177. The molecule has 0 aromatic heterocycles. The number of nitrogens with zero attached hydrogens (tertiary/aromatic N) is 2. The molecule has 0 aliphatic carbocycles. The summed E-state index contributed by atoms with van der Waals surface area (Å²) < 4.78 is 24.3. The van der Waals surface area contributed by atoms with Crippen molar-refractivity contribution in [1.82, 2.24) is 4.83 Å². The van der Waals surface area contributed by atoms with E-state index in [0.717, 1.165) is 12.3 Å². The van der Waals surface area contributed by atoms with Gasteiger partial charge in [0.15, 0.2) is 0 Å². The molecule has 2 rings (SSSR count). The van der Waals surface area contributed by atoms with Crippen molar-refractivity contribution < 1.29 is 13.3 Å². The minimum Gasteiger partial charge on any atom is -0.258 e. The van der Waals surface area contributed by atoms with Crippen LogP contribution in [0.25, 0.3) is 0 Å². The van der Waals surface area contributed by atoms with Crippen LogP contribution in [0, 0.1) is 10.1 Å². The fraction of sp³-hybridized carbons (Fsp3) is 0. The lowest BCUT2D eigenvalue weighted by Crippen LogP contribution is -2.18. The Kier molecular flexibility index (Phi) is 5.66. The number of halogens is 3. The number of nitro groups is 1. The number of hydrogen-bond acceptors (Lipinski definition) is 5. The molecule has 0 heterocycles. The molecule has 0 aliphatic rings. The topological polar surface area (TPSA) is 102 Å². The molecule has 0 unspecified atom stereocenters. The van der Waals surface area contributed by atoms with Gasteiger partial charge in [0, 0.05) is 17.7 Å². The van der Waals surface area contributed by atoms with E-state index in [9.17, 15) is 18.5 Å². The molecule has 0 spiro atoms. The third-order valence-electron chi connectivity index (χ3n) is 2.73. The van der Waals surface area contributed by atoms with Crippen LogP contribution in [0.3, 0.4) is 0 Å². The highest BCUT2D eigenvalue weighted by molar-refractivity contribution is 7.89. The molecule has 2 aromatic carbocycles. The molecule has 0 saturated carbocycles. The van der Waals surface area contributed by atoms with Crippen molar-refractivity contribution in [2.45, 2.75) is 4.90 Å². The van der Waals surface area contributed by atoms with Crippen molar-refractivity contribution in [3.63, 3.8) is 0 Å². The highest BCUT2D eigenvalue weighted by Crippen LogP contribution is 2.31. The number of hydrogen-bond donors (Lipinski definition) is 1. The average molecular weight is 409 g/mol. The standard InChI is InChI=1S/C13H8Cl3N3O4S/c14-10-5-12(16)13(6-11(10)15)24(22,23)18-17-7-8-2-1-3-9(4-8)19(20)21/h1-7,18H/b17-7+. The molecule has 24 heavy (non-hydrogen) atoms. The van der Waals surface area contributed by atoms with E-state index in [0.29, 0.717) is 5.56 Å². The number of nitro benzene ring substituents is 1. The van der Waals surface area contributed by atoms with Gasteiger partial charge >= 0.3 is 0 Å². The van der Waals surface area contributed by atoms with E-state index in [2.05, 4.69) is 5.10 Å². The summed E-state index contributed by atoms with van der Waals surface area (Å²) in [6, 6.07) is 7.81. The average Bonchev–Trinajstić information content (AvgIpc) is 2.51. The monoisotopic (exact) mass is 407 g/mol. The summed E-state index contributed by atoms with van der Waals surface area (Å²) in [4.78, 5) is 11.8. The zero-order chi connectivity index (χ0) is 17.9. The molecule has 7 nitrogen and oxygen atoms in total. The lowest BCUT2D eigenvalue weighted by molar-refractivity contribution is -0.384. The summed E-state index contributed by atoms with van der Waals surface area (Å²) >= 11 is 17.4. The summed E-state index contributed by atoms with van der Waals surface area (Å²) in [5.41, 5.74) is 0.196. The lowest BCUT2D eigenvalue weighted by atomic mass is 10.2. The second-order valence-electron chi connectivity index (χ2n) is 4.40. The third-order valence-corrected chi connectivity index (χ3v) is 5.14. The molecule has 0 amide bonds. The van der Waals surface area contributed by atoms with Gasteiger partial charge in [-0.15, -0.1) is 0 Å². The van der Waals surface area contributed by atoms with E-state index in [4.69, 9.17) is 34.8 Å². The number of rotatable bonds is 5. The molecule has 0 aliphatic heterocycles. The number of hydrazone groups is 1. The summed E-state index contributed by atoms with van der Waals surface area (Å²) in [6.45, 7) is 0. The maximum Gasteiger partial charge on any atom is 0.278 e. The molecule has 0 saturated heterocycles. The van der Waals surface area contributed by atoms with Gasteiger partial charge in [0.05, 0.1) is 26.2 Å². The Morgan fingerprint density at radius 3 is 2.42 bits per heavy atom. The van der Waals surface area contributed by atoms with E-state index in [-0.39, 0.29) is 25.7 Å². The molecule has 126 valence electrons. The van der Waals surface area contributed by atoms with Gasteiger partial charge in [-0.3, -0.25) is 10.1 Å². The highest BCUT2D eigenvalue weighted by atomic mass is 35.5. The predicted molar refractivity (Wildman–Crippen MR) is 92.5 cm³/mol. The summed E-state index contributed by atoms with van der Waals surface area (Å²) in [7, 11) is -4.08. The van der Waals surface area contributed by atoms with Gasteiger partial charge in [-0.25, -0.2) is 4.83 Å². The van der Waals surface area contributed by atoms with Crippen LogP contribution in [-0.4, -0.2) is 19.6 Å². The molecule has 0 bridgehead atoms. The van der Waals surface area contributed by atoms with Crippen LogP contribution >= 0.6 is 34.8 Å². The summed E-state index contributed by atoms with van der Waals surface area (Å²) in [5.74, 6) is 0. The molecule has 0 radical (unpaired) electrons. The smallest absolute Gasteiger partial charge is 0.258 e. The Morgan fingerprint density at radius 1 is 1.08 bits per heavy atom. The number of non-ortho nitro benzene ring substituents is 1. The van der Waals surface area contributed by atoms with Gasteiger partial charge in [0.2, 0.25) is 0 Å². The van der Waals surface area contributed by atoms with Crippen LogP contribution in [0.2, 0.25) is 15.1 Å². The van der Waals surface area contributed by atoms with Crippen LogP contribution in [-0.2, 0) is 10.0 Å². The van der Waals surface area contributed by atoms with E-state index in [1.54, 1.807) is 0 Å². The fourth-order valence-electron chi connectivity index (χ4n) is 1.65. The molecule has 1 N–H and O–H groups in total. The van der Waals surface area contributed by atoms with Crippen LogP contribution in [0.15, 0.2) is 46.4 Å². The molecule has 0 atom stereocenters. The largest absolute Gasteiger partial charge is 0.278 e. The summed E-state index contributed by atoms with van der Waals surface area (Å²) in [6.07, 6.45) is 1.12. The van der Waals surface area contributed by atoms with Gasteiger partial charge < -0.3 is 0 Å². The first-order chi connectivity index (χ1) is 11.2. The van der Waals surface area contributed by atoms with Crippen molar-refractivity contribution in [2.75, 3.05) is 0 Å². The molecule has 0 fully saturated rings. The number of sulfonamides is 1. The molecular weight excluding hydrogens is 401 g/mol. The van der Waals surface area contributed by atoms with Crippen molar-refractivity contribution in [3.8, 4) is 0 Å². The Bertz CT molecular complexity index is 932. The van der Waals surface area contributed by atoms with Crippen molar-refractivity contribution >= 4 is 56.7 Å². The van der Waals surface area contributed by atoms with Gasteiger partial charge in [0.1, 0.15) is 4.90 Å². The highest BCUT2D eigenvalue weighted by Gasteiger charge is 2.19. The predicted octanol–water partition coefficient (Wildman–Crippen LogP) is 3.87. The Balaban J connectivity index is 2.23. The Morgan fingerprint density at radius 2 is 1.75 bits per heavy atom. The van der Waals surface area contributed by atoms with E-state index < -0.39 is 14.9 Å². The van der Waals surface area contributed by atoms with Crippen LogP contribution in [0.5, 0.6) is 0 Å².